The van der Waals surface area contributed by atoms with Gasteiger partial charge in [0.05, 0.1) is 0 Å². The maximum atomic E-state index is 12.1. The molecule has 0 radical (unpaired) electrons. The number of carbonyl (C=O) groups excluding carboxylic acids is 1. The number of ketones is 1. The third-order valence-electron chi connectivity index (χ3n) is 4.51. The quantitative estimate of drug-likeness (QED) is 0.659. The zero-order valence-corrected chi connectivity index (χ0v) is 9.56. The number of carbonyl (C=O) groups is 1. The van der Waals surface area contributed by atoms with E-state index in [1.807, 2.05) is 6.26 Å². The number of hydrogen-bond donors (Lipinski definition) is 0. The molecule has 0 aliphatic heterocycles. The van der Waals surface area contributed by atoms with Crippen LogP contribution >= 0.6 is 11.8 Å². The van der Waals surface area contributed by atoms with E-state index in [0.717, 1.165) is 16.7 Å². The minimum atomic E-state index is 0.399. The fourth-order valence-corrected chi connectivity index (χ4v) is 4.85. The van der Waals surface area contributed by atoms with Gasteiger partial charge in [0.1, 0.15) is 0 Å². The van der Waals surface area contributed by atoms with Crippen molar-refractivity contribution < 1.29 is 4.79 Å². The van der Waals surface area contributed by atoms with Gasteiger partial charge in [0, 0.05) is 10.8 Å². The van der Waals surface area contributed by atoms with E-state index in [9.17, 15) is 4.79 Å². The van der Waals surface area contributed by atoms with Crippen LogP contribution in [-0.4, -0.2) is 12.0 Å². The predicted octanol–water partition coefficient (Wildman–Crippen LogP) is 2.87. The summed E-state index contributed by atoms with van der Waals surface area (Å²) in [7, 11) is 0. The molecule has 2 heteroatoms. The summed E-state index contributed by atoms with van der Waals surface area (Å²) in [4.78, 5) is 13.2. The van der Waals surface area contributed by atoms with E-state index in [0.29, 0.717) is 17.6 Å². The Kier molecular flexibility index (Phi) is 1.85. The third kappa shape index (κ3) is 0.906. The summed E-state index contributed by atoms with van der Waals surface area (Å²) < 4.78 is 0. The molecule has 0 N–H and O–H groups in total. The maximum Gasteiger partial charge on any atom is 0.173 e. The average molecular weight is 208 g/mol. The van der Waals surface area contributed by atoms with Crippen molar-refractivity contribution in [3.63, 3.8) is 0 Å². The van der Waals surface area contributed by atoms with Gasteiger partial charge < -0.3 is 0 Å². The van der Waals surface area contributed by atoms with Crippen molar-refractivity contribution in [2.75, 3.05) is 6.26 Å². The Hall–Kier alpha value is -0.240. The molecule has 2 fully saturated rings. The SMILES string of the molecule is CSC1=C(C)C2C3CCC(C3)C2C1=O. The van der Waals surface area contributed by atoms with Gasteiger partial charge in [-0.3, -0.25) is 4.79 Å². The van der Waals surface area contributed by atoms with Gasteiger partial charge in [-0.2, -0.15) is 0 Å². The summed E-state index contributed by atoms with van der Waals surface area (Å²) in [6.45, 7) is 2.19. The van der Waals surface area contributed by atoms with E-state index in [1.54, 1.807) is 11.8 Å². The highest BCUT2D eigenvalue weighted by Crippen LogP contribution is 2.59. The number of fused-ring (bicyclic) bond motifs is 5. The first-order valence-corrected chi connectivity index (χ1v) is 6.75. The second kappa shape index (κ2) is 2.88. The lowest BCUT2D eigenvalue weighted by Crippen LogP contribution is -2.24. The fraction of sp³-hybridized carbons (Fsp3) is 0.750. The molecule has 2 bridgehead atoms. The topological polar surface area (TPSA) is 17.1 Å². The molecule has 3 rings (SSSR count). The summed E-state index contributed by atoms with van der Waals surface area (Å²) in [6.07, 6.45) is 6.06. The maximum absolute atomic E-state index is 12.1. The lowest BCUT2D eigenvalue weighted by atomic mass is 9.79. The lowest BCUT2D eigenvalue weighted by molar-refractivity contribution is -0.119. The second-order valence-electron chi connectivity index (χ2n) is 4.97. The number of rotatable bonds is 1. The zero-order valence-electron chi connectivity index (χ0n) is 8.75. The fourth-order valence-electron chi connectivity index (χ4n) is 4.05. The van der Waals surface area contributed by atoms with Gasteiger partial charge in [0.15, 0.2) is 5.78 Å². The first kappa shape index (κ1) is 9.02. The number of hydrogen-bond acceptors (Lipinski definition) is 2. The van der Waals surface area contributed by atoms with Crippen molar-refractivity contribution in [3.8, 4) is 0 Å². The highest BCUT2D eigenvalue weighted by Gasteiger charge is 2.55. The average Bonchev–Trinajstić information content (AvgIpc) is 2.80. The highest BCUT2D eigenvalue weighted by molar-refractivity contribution is 8.03. The van der Waals surface area contributed by atoms with Crippen LogP contribution in [0.3, 0.4) is 0 Å². The molecule has 14 heavy (non-hydrogen) atoms. The van der Waals surface area contributed by atoms with Crippen LogP contribution in [0.4, 0.5) is 0 Å². The minimum absolute atomic E-state index is 0.399. The molecule has 0 heterocycles. The van der Waals surface area contributed by atoms with Crippen LogP contribution in [0.5, 0.6) is 0 Å². The van der Waals surface area contributed by atoms with E-state index in [-0.39, 0.29) is 0 Å². The van der Waals surface area contributed by atoms with Crippen LogP contribution in [0.25, 0.3) is 0 Å². The van der Waals surface area contributed by atoms with Crippen LogP contribution in [0, 0.1) is 23.7 Å². The van der Waals surface area contributed by atoms with Crippen molar-refractivity contribution in [2.45, 2.75) is 26.2 Å². The van der Waals surface area contributed by atoms with E-state index < -0.39 is 0 Å². The molecule has 0 spiro atoms. The molecule has 0 amide bonds. The van der Waals surface area contributed by atoms with Crippen LogP contribution in [0.1, 0.15) is 26.2 Å². The molecule has 4 unspecified atom stereocenters. The van der Waals surface area contributed by atoms with Crippen molar-refractivity contribution in [3.05, 3.63) is 10.5 Å². The van der Waals surface area contributed by atoms with Crippen molar-refractivity contribution in [2.24, 2.45) is 23.7 Å². The Morgan fingerprint density at radius 2 is 1.86 bits per heavy atom. The van der Waals surface area contributed by atoms with E-state index in [1.165, 1.54) is 24.8 Å². The summed E-state index contributed by atoms with van der Waals surface area (Å²) in [6, 6.07) is 0. The normalized spacial score (nSPS) is 45.1. The number of Topliss-reactive ketones (excluding diaryl/α,β-unsaturated/α-hetero) is 1. The molecule has 4 atom stereocenters. The Morgan fingerprint density at radius 1 is 1.21 bits per heavy atom. The Labute approximate surface area is 89.3 Å². The monoisotopic (exact) mass is 208 g/mol. The zero-order chi connectivity index (χ0) is 9.87. The standard InChI is InChI=1S/C12H16OS/c1-6-9-7-3-4-8(5-7)10(9)11(13)12(6)14-2/h7-10H,3-5H2,1-2H3. The van der Waals surface area contributed by atoms with Crippen LogP contribution < -0.4 is 0 Å². The molecule has 0 aromatic rings. The Bertz CT molecular complexity index is 331. The second-order valence-corrected chi connectivity index (χ2v) is 5.78. The van der Waals surface area contributed by atoms with E-state index in [4.69, 9.17) is 0 Å². The Morgan fingerprint density at radius 3 is 2.43 bits per heavy atom. The molecule has 2 saturated carbocycles. The molecule has 0 saturated heterocycles. The first-order valence-electron chi connectivity index (χ1n) is 5.53. The third-order valence-corrected chi connectivity index (χ3v) is 5.44. The van der Waals surface area contributed by atoms with Gasteiger partial charge in [-0.05, 0) is 50.2 Å². The largest absolute Gasteiger partial charge is 0.293 e. The summed E-state index contributed by atoms with van der Waals surface area (Å²) in [5.41, 5.74) is 1.42. The minimum Gasteiger partial charge on any atom is -0.293 e. The predicted molar refractivity (Wildman–Crippen MR) is 59.0 cm³/mol. The molecule has 1 nitrogen and oxygen atoms in total. The van der Waals surface area contributed by atoms with Gasteiger partial charge in [-0.15, -0.1) is 11.8 Å². The molecular weight excluding hydrogens is 192 g/mol. The van der Waals surface area contributed by atoms with Gasteiger partial charge >= 0.3 is 0 Å². The van der Waals surface area contributed by atoms with Gasteiger partial charge in [0.25, 0.3) is 0 Å². The van der Waals surface area contributed by atoms with Crippen LogP contribution in [0.15, 0.2) is 10.5 Å². The molecule has 3 aliphatic rings. The highest BCUT2D eigenvalue weighted by atomic mass is 32.2. The van der Waals surface area contributed by atoms with E-state index in [2.05, 4.69) is 6.92 Å². The van der Waals surface area contributed by atoms with Gasteiger partial charge in [-0.25, -0.2) is 0 Å². The van der Waals surface area contributed by atoms with Crippen molar-refractivity contribution in [1.29, 1.82) is 0 Å². The number of allylic oxidation sites excluding steroid dienone is 2. The van der Waals surface area contributed by atoms with Crippen LogP contribution in [-0.2, 0) is 4.79 Å². The van der Waals surface area contributed by atoms with Crippen molar-refractivity contribution in [1.82, 2.24) is 0 Å². The summed E-state index contributed by atoms with van der Waals surface area (Å²) >= 11 is 1.67. The molecule has 3 aliphatic carbocycles. The smallest absolute Gasteiger partial charge is 0.173 e. The number of thioether (sulfide) groups is 1. The van der Waals surface area contributed by atoms with E-state index >= 15 is 0 Å². The lowest BCUT2D eigenvalue weighted by Gasteiger charge is -2.24. The molecule has 0 aromatic heterocycles. The van der Waals surface area contributed by atoms with Crippen molar-refractivity contribution >= 4 is 17.5 Å². The first-order chi connectivity index (χ1) is 6.74. The van der Waals surface area contributed by atoms with Gasteiger partial charge in [-0.1, -0.05) is 5.57 Å². The van der Waals surface area contributed by atoms with Crippen LogP contribution in [0.2, 0.25) is 0 Å². The Balaban J connectivity index is 2.03. The molecule has 76 valence electrons. The summed E-state index contributed by atoms with van der Waals surface area (Å²) in [5, 5.41) is 0. The molecule has 0 aromatic carbocycles. The van der Waals surface area contributed by atoms with Gasteiger partial charge in [0.2, 0.25) is 0 Å². The summed E-state index contributed by atoms with van der Waals surface area (Å²) in [5.74, 6) is 3.10. The molecular formula is C12H16OS.